The molecule has 0 fully saturated rings. The Morgan fingerprint density at radius 3 is 2.11 bits per heavy atom. The van der Waals surface area contributed by atoms with Crippen molar-refractivity contribution in [3.05, 3.63) is 59.7 Å². The Balaban J connectivity index is 2.23. The lowest BCUT2D eigenvalue weighted by atomic mass is 10.2. The van der Waals surface area contributed by atoms with Gasteiger partial charge in [0, 0.05) is 5.88 Å². The molecule has 0 amide bonds. The second kappa shape index (κ2) is 5.63. The summed E-state index contributed by atoms with van der Waals surface area (Å²) in [5, 5.41) is 0. The van der Waals surface area contributed by atoms with Gasteiger partial charge in [0.2, 0.25) is 0 Å². The van der Waals surface area contributed by atoms with Crippen LogP contribution in [0.2, 0.25) is 0 Å². The Morgan fingerprint density at radius 2 is 1.58 bits per heavy atom. The molecule has 0 N–H and O–H groups in total. The lowest BCUT2D eigenvalue weighted by Gasteiger charge is -2.07. The maximum Gasteiger partial charge on any atom is 0.339 e. The predicted molar refractivity (Wildman–Crippen MR) is 75.0 cm³/mol. The van der Waals surface area contributed by atoms with E-state index in [0.29, 0.717) is 5.88 Å². The minimum absolute atomic E-state index is 0.138. The normalized spacial score (nSPS) is 11.3. The quantitative estimate of drug-likeness (QED) is 0.640. The van der Waals surface area contributed by atoms with Gasteiger partial charge >= 0.3 is 10.1 Å². The van der Waals surface area contributed by atoms with E-state index in [1.165, 1.54) is 12.1 Å². The molecule has 5 heteroatoms. The van der Waals surface area contributed by atoms with Crippen molar-refractivity contribution >= 4 is 21.7 Å². The molecule has 3 nitrogen and oxygen atoms in total. The van der Waals surface area contributed by atoms with E-state index < -0.39 is 10.1 Å². The fourth-order valence-electron chi connectivity index (χ4n) is 1.51. The molecule has 2 rings (SSSR count). The first kappa shape index (κ1) is 13.9. The predicted octanol–water partition coefficient (Wildman–Crippen LogP) is 3.50. The Labute approximate surface area is 117 Å². The third-order valence-electron chi connectivity index (χ3n) is 2.59. The van der Waals surface area contributed by atoms with E-state index in [-0.39, 0.29) is 10.6 Å². The molecule has 0 bridgehead atoms. The fraction of sp³-hybridized carbons (Fsp3) is 0.143. The summed E-state index contributed by atoms with van der Waals surface area (Å²) in [4.78, 5) is 0.138. The van der Waals surface area contributed by atoms with Crippen molar-refractivity contribution in [1.29, 1.82) is 0 Å². The number of aryl methyl sites for hydroxylation is 1. The van der Waals surface area contributed by atoms with Crippen LogP contribution < -0.4 is 4.18 Å². The van der Waals surface area contributed by atoms with E-state index in [9.17, 15) is 8.42 Å². The second-order valence-electron chi connectivity index (χ2n) is 4.13. The number of hydrogen-bond donors (Lipinski definition) is 0. The van der Waals surface area contributed by atoms with Crippen LogP contribution in [0.15, 0.2) is 53.4 Å². The molecular formula is C14H13ClO3S. The second-order valence-corrected chi connectivity index (χ2v) is 5.94. The van der Waals surface area contributed by atoms with Crippen LogP contribution in [-0.4, -0.2) is 8.42 Å². The summed E-state index contributed by atoms with van der Waals surface area (Å²) in [6.07, 6.45) is 0. The standard InChI is InChI=1S/C14H13ClO3S/c1-11-2-8-14(9-3-11)19(16,17)18-13-6-4-12(10-15)5-7-13/h2-9H,10H2,1H3. The zero-order valence-corrected chi connectivity index (χ0v) is 11.9. The van der Waals surface area contributed by atoms with Gasteiger partial charge in [-0.1, -0.05) is 29.8 Å². The first-order chi connectivity index (χ1) is 9.01. The molecule has 0 saturated heterocycles. The molecule has 19 heavy (non-hydrogen) atoms. The van der Waals surface area contributed by atoms with Gasteiger partial charge < -0.3 is 4.18 Å². The fourth-order valence-corrected chi connectivity index (χ4v) is 2.62. The van der Waals surface area contributed by atoms with Gasteiger partial charge in [0.15, 0.2) is 0 Å². The average molecular weight is 297 g/mol. The van der Waals surface area contributed by atoms with Crippen molar-refractivity contribution in [3.63, 3.8) is 0 Å². The van der Waals surface area contributed by atoms with Crippen molar-refractivity contribution in [2.75, 3.05) is 0 Å². The van der Waals surface area contributed by atoms with Gasteiger partial charge in [-0.2, -0.15) is 8.42 Å². The lowest BCUT2D eigenvalue weighted by Crippen LogP contribution is -2.09. The highest BCUT2D eigenvalue weighted by Crippen LogP contribution is 2.20. The van der Waals surface area contributed by atoms with Gasteiger partial charge in [0.25, 0.3) is 0 Å². The van der Waals surface area contributed by atoms with Gasteiger partial charge in [0.1, 0.15) is 10.6 Å². The maximum atomic E-state index is 12.0. The summed E-state index contributed by atoms with van der Waals surface area (Å²) in [6.45, 7) is 1.89. The van der Waals surface area contributed by atoms with Crippen LogP contribution in [0.25, 0.3) is 0 Å². The topological polar surface area (TPSA) is 43.4 Å². The van der Waals surface area contributed by atoms with Crippen molar-refractivity contribution in [2.45, 2.75) is 17.7 Å². The molecular weight excluding hydrogens is 284 g/mol. The first-order valence-corrected chi connectivity index (χ1v) is 7.61. The minimum atomic E-state index is -3.78. The van der Waals surface area contributed by atoms with E-state index >= 15 is 0 Å². The number of hydrogen-bond acceptors (Lipinski definition) is 3. The van der Waals surface area contributed by atoms with Crippen molar-refractivity contribution in [1.82, 2.24) is 0 Å². The van der Waals surface area contributed by atoms with E-state index in [1.807, 2.05) is 6.92 Å². The molecule has 2 aromatic rings. The van der Waals surface area contributed by atoms with Crippen molar-refractivity contribution in [3.8, 4) is 5.75 Å². The molecule has 0 aliphatic rings. The molecule has 0 saturated carbocycles. The molecule has 0 unspecified atom stereocenters. The van der Waals surface area contributed by atoms with Crippen LogP contribution in [0.3, 0.4) is 0 Å². The summed E-state index contributed by atoms with van der Waals surface area (Å²) in [5.74, 6) is 0.653. The Bertz CT molecular complexity index is 646. The molecule has 0 heterocycles. The molecule has 0 spiro atoms. The van der Waals surface area contributed by atoms with Gasteiger partial charge in [-0.25, -0.2) is 0 Å². The molecule has 0 radical (unpaired) electrons. The lowest BCUT2D eigenvalue weighted by molar-refractivity contribution is 0.486. The van der Waals surface area contributed by atoms with Crippen molar-refractivity contribution < 1.29 is 12.6 Å². The molecule has 0 aromatic heterocycles. The maximum absolute atomic E-state index is 12.0. The Morgan fingerprint density at radius 1 is 1.00 bits per heavy atom. The number of alkyl halides is 1. The van der Waals surface area contributed by atoms with E-state index in [4.69, 9.17) is 15.8 Å². The first-order valence-electron chi connectivity index (χ1n) is 5.67. The molecule has 2 aromatic carbocycles. The highest BCUT2D eigenvalue weighted by atomic mass is 35.5. The Kier molecular flexibility index (Phi) is 4.12. The zero-order chi connectivity index (χ0) is 13.9. The number of benzene rings is 2. The van der Waals surface area contributed by atoms with Crippen LogP contribution in [0.5, 0.6) is 5.75 Å². The van der Waals surface area contributed by atoms with Crippen LogP contribution in [0.1, 0.15) is 11.1 Å². The van der Waals surface area contributed by atoms with Gasteiger partial charge in [0.05, 0.1) is 0 Å². The minimum Gasteiger partial charge on any atom is -0.379 e. The van der Waals surface area contributed by atoms with E-state index in [0.717, 1.165) is 11.1 Å². The van der Waals surface area contributed by atoms with Crippen LogP contribution in [-0.2, 0) is 16.0 Å². The van der Waals surface area contributed by atoms with Crippen LogP contribution >= 0.6 is 11.6 Å². The Hall–Kier alpha value is -1.52. The van der Waals surface area contributed by atoms with E-state index in [2.05, 4.69) is 0 Å². The summed E-state index contributed by atoms with van der Waals surface area (Å²) in [7, 11) is -3.78. The average Bonchev–Trinajstić information content (AvgIpc) is 2.40. The zero-order valence-electron chi connectivity index (χ0n) is 10.3. The summed E-state index contributed by atoms with van der Waals surface area (Å²) in [5.41, 5.74) is 1.90. The van der Waals surface area contributed by atoms with Crippen molar-refractivity contribution in [2.24, 2.45) is 0 Å². The molecule has 0 atom stereocenters. The summed E-state index contributed by atoms with van der Waals surface area (Å²) < 4.78 is 29.1. The third kappa shape index (κ3) is 3.49. The summed E-state index contributed by atoms with van der Waals surface area (Å²) in [6, 6.07) is 13.1. The molecule has 100 valence electrons. The molecule has 0 aliphatic carbocycles. The number of halogens is 1. The third-order valence-corrected chi connectivity index (χ3v) is 4.16. The van der Waals surface area contributed by atoms with Crippen LogP contribution in [0, 0.1) is 6.92 Å². The highest BCUT2D eigenvalue weighted by molar-refractivity contribution is 7.87. The van der Waals surface area contributed by atoms with Crippen LogP contribution in [0.4, 0.5) is 0 Å². The number of rotatable bonds is 4. The monoisotopic (exact) mass is 296 g/mol. The summed E-state index contributed by atoms with van der Waals surface area (Å²) >= 11 is 5.66. The highest BCUT2D eigenvalue weighted by Gasteiger charge is 2.16. The largest absolute Gasteiger partial charge is 0.379 e. The van der Waals surface area contributed by atoms with Gasteiger partial charge in [-0.15, -0.1) is 11.6 Å². The van der Waals surface area contributed by atoms with Gasteiger partial charge in [-0.05, 0) is 36.8 Å². The SMILES string of the molecule is Cc1ccc(S(=O)(=O)Oc2ccc(CCl)cc2)cc1. The van der Waals surface area contributed by atoms with E-state index in [1.54, 1.807) is 36.4 Å². The van der Waals surface area contributed by atoms with Gasteiger partial charge in [-0.3, -0.25) is 0 Å². The molecule has 0 aliphatic heterocycles. The smallest absolute Gasteiger partial charge is 0.339 e.